The lowest BCUT2D eigenvalue weighted by Gasteiger charge is -2.15. The number of hydrogen-bond donors (Lipinski definition) is 2. The molecule has 2 N–H and O–H groups in total. The second-order valence-electron chi connectivity index (χ2n) is 6.51. The molecule has 0 unspecified atom stereocenters. The summed E-state index contributed by atoms with van der Waals surface area (Å²) in [5, 5.41) is 6.20. The van der Waals surface area contributed by atoms with E-state index < -0.39 is 11.7 Å². The Morgan fingerprint density at radius 2 is 1.55 bits per heavy atom. The van der Waals surface area contributed by atoms with Crippen LogP contribution < -0.4 is 10.6 Å². The van der Waals surface area contributed by atoms with Crippen LogP contribution in [0.25, 0.3) is 0 Å². The lowest BCUT2D eigenvalue weighted by atomic mass is 10.1. The number of aryl methyl sites for hydroxylation is 1. The predicted molar refractivity (Wildman–Crippen MR) is 110 cm³/mol. The molecule has 8 heteroatoms. The number of alkyl halides is 3. The summed E-state index contributed by atoms with van der Waals surface area (Å²) in [6.45, 7) is 2.11. The zero-order chi connectivity index (χ0) is 20.9. The van der Waals surface area contributed by atoms with Crippen molar-refractivity contribution in [3.63, 3.8) is 0 Å². The van der Waals surface area contributed by atoms with E-state index >= 15 is 0 Å². The average molecular weight is 421 g/mol. The molecule has 3 rings (SSSR count). The van der Waals surface area contributed by atoms with E-state index in [-0.39, 0.29) is 11.8 Å². The standard InChI is InChI=1S/C21H20ClF3N4/c1-2-3-4-14-5-9-16(10-6-14)27-19-18(21(23,24)25)13-26-20(29-19)28-17-11-7-15(22)8-12-17/h5-13H,2-4H2,1H3,(H2,26,27,28,29). The van der Waals surface area contributed by atoms with Crippen LogP contribution in [-0.2, 0) is 12.6 Å². The Labute approximate surface area is 172 Å². The second-order valence-corrected chi connectivity index (χ2v) is 6.95. The molecule has 0 aliphatic rings. The quantitative estimate of drug-likeness (QED) is 0.433. The van der Waals surface area contributed by atoms with Gasteiger partial charge in [0.05, 0.1) is 0 Å². The Morgan fingerprint density at radius 3 is 2.17 bits per heavy atom. The highest BCUT2D eigenvalue weighted by atomic mass is 35.5. The second kappa shape index (κ2) is 9.13. The molecule has 3 aromatic rings. The molecular weight excluding hydrogens is 401 g/mol. The smallest absolute Gasteiger partial charge is 0.340 e. The minimum absolute atomic E-state index is 0.0439. The first-order valence-corrected chi connectivity index (χ1v) is 9.55. The molecule has 4 nitrogen and oxygen atoms in total. The molecular formula is C21H20ClF3N4. The van der Waals surface area contributed by atoms with Crippen LogP contribution in [-0.4, -0.2) is 9.97 Å². The molecule has 0 amide bonds. The normalized spacial score (nSPS) is 11.3. The number of halogens is 4. The Bertz CT molecular complexity index is 942. The molecule has 0 fully saturated rings. The minimum atomic E-state index is -4.58. The van der Waals surface area contributed by atoms with Gasteiger partial charge in [-0.05, 0) is 54.8 Å². The first-order valence-electron chi connectivity index (χ1n) is 9.18. The summed E-state index contributed by atoms with van der Waals surface area (Å²) < 4.78 is 40.2. The van der Waals surface area contributed by atoms with E-state index in [1.54, 1.807) is 36.4 Å². The third-order valence-electron chi connectivity index (χ3n) is 4.23. The van der Waals surface area contributed by atoms with E-state index in [0.717, 1.165) is 31.0 Å². The molecule has 152 valence electrons. The van der Waals surface area contributed by atoms with E-state index in [1.165, 1.54) is 0 Å². The predicted octanol–water partition coefficient (Wildman–Crippen LogP) is 6.98. The average Bonchev–Trinajstić information content (AvgIpc) is 2.68. The van der Waals surface area contributed by atoms with Crippen molar-refractivity contribution < 1.29 is 13.2 Å². The largest absolute Gasteiger partial charge is 0.421 e. The molecule has 1 aromatic heterocycles. The number of rotatable bonds is 7. The lowest BCUT2D eigenvalue weighted by Crippen LogP contribution is -2.12. The molecule has 0 spiro atoms. The number of aromatic nitrogens is 2. The van der Waals surface area contributed by atoms with Crippen LogP contribution in [0.2, 0.25) is 5.02 Å². The van der Waals surface area contributed by atoms with Gasteiger partial charge in [-0.3, -0.25) is 0 Å². The number of anilines is 4. The van der Waals surface area contributed by atoms with E-state index in [0.29, 0.717) is 16.4 Å². The van der Waals surface area contributed by atoms with Gasteiger partial charge in [-0.1, -0.05) is 37.1 Å². The van der Waals surface area contributed by atoms with Gasteiger partial charge in [-0.2, -0.15) is 18.2 Å². The fourth-order valence-corrected chi connectivity index (χ4v) is 2.81. The number of nitrogens with zero attached hydrogens (tertiary/aromatic N) is 2. The highest BCUT2D eigenvalue weighted by Gasteiger charge is 2.35. The van der Waals surface area contributed by atoms with Crippen molar-refractivity contribution in [2.45, 2.75) is 32.4 Å². The van der Waals surface area contributed by atoms with Gasteiger partial charge in [0.25, 0.3) is 0 Å². The Kier molecular flexibility index (Phi) is 6.59. The monoisotopic (exact) mass is 420 g/mol. The molecule has 0 saturated carbocycles. The van der Waals surface area contributed by atoms with Crippen LogP contribution in [0.15, 0.2) is 54.7 Å². The summed E-state index contributed by atoms with van der Waals surface area (Å²) in [5.74, 6) is -0.271. The maximum Gasteiger partial charge on any atom is 0.421 e. The zero-order valence-corrected chi connectivity index (χ0v) is 16.5. The highest BCUT2D eigenvalue weighted by Crippen LogP contribution is 2.35. The van der Waals surface area contributed by atoms with Crippen molar-refractivity contribution in [3.8, 4) is 0 Å². The molecule has 0 saturated heterocycles. The molecule has 1 heterocycles. The van der Waals surface area contributed by atoms with Crippen LogP contribution >= 0.6 is 11.6 Å². The van der Waals surface area contributed by atoms with Gasteiger partial charge in [0, 0.05) is 22.6 Å². The van der Waals surface area contributed by atoms with Gasteiger partial charge in [0.2, 0.25) is 5.95 Å². The van der Waals surface area contributed by atoms with Gasteiger partial charge in [0.15, 0.2) is 0 Å². The fraction of sp³-hybridized carbons (Fsp3) is 0.238. The Morgan fingerprint density at radius 1 is 0.931 bits per heavy atom. The summed E-state index contributed by atoms with van der Waals surface area (Å²) in [6.07, 6.45) is -0.728. The van der Waals surface area contributed by atoms with Crippen LogP contribution in [0.4, 0.5) is 36.3 Å². The van der Waals surface area contributed by atoms with Crippen molar-refractivity contribution in [1.82, 2.24) is 9.97 Å². The van der Waals surface area contributed by atoms with E-state index in [2.05, 4.69) is 27.5 Å². The number of hydrogen-bond acceptors (Lipinski definition) is 4. The van der Waals surface area contributed by atoms with E-state index in [1.807, 2.05) is 12.1 Å². The van der Waals surface area contributed by atoms with Crippen LogP contribution in [0.5, 0.6) is 0 Å². The molecule has 0 aliphatic heterocycles. The summed E-state index contributed by atoms with van der Waals surface area (Å²) in [4.78, 5) is 7.84. The Balaban J connectivity index is 1.85. The van der Waals surface area contributed by atoms with Gasteiger partial charge < -0.3 is 10.6 Å². The van der Waals surface area contributed by atoms with Gasteiger partial charge in [-0.15, -0.1) is 0 Å². The lowest BCUT2D eigenvalue weighted by molar-refractivity contribution is -0.137. The summed E-state index contributed by atoms with van der Waals surface area (Å²) >= 11 is 5.85. The SMILES string of the molecule is CCCCc1ccc(Nc2nc(Nc3ccc(Cl)cc3)ncc2C(F)(F)F)cc1. The van der Waals surface area contributed by atoms with Crippen LogP contribution in [0.1, 0.15) is 30.9 Å². The maximum absolute atomic E-state index is 13.4. The van der Waals surface area contributed by atoms with Crippen molar-refractivity contribution in [2.24, 2.45) is 0 Å². The highest BCUT2D eigenvalue weighted by molar-refractivity contribution is 6.30. The Hall–Kier alpha value is -2.80. The first-order chi connectivity index (χ1) is 13.8. The van der Waals surface area contributed by atoms with Gasteiger partial charge in [-0.25, -0.2) is 4.98 Å². The minimum Gasteiger partial charge on any atom is -0.340 e. The topological polar surface area (TPSA) is 49.8 Å². The molecule has 0 aliphatic carbocycles. The van der Waals surface area contributed by atoms with Gasteiger partial charge in [0.1, 0.15) is 11.4 Å². The third-order valence-corrected chi connectivity index (χ3v) is 4.48. The maximum atomic E-state index is 13.4. The van der Waals surface area contributed by atoms with Crippen molar-refractivity contribution in [2.75, 3.05) is 10.6 Å². The molecule has 29 heavy (non-hydrogen) atoms. The number of benzene rings is 2. The summed E-state index contributed by atoms with van der Waals surface area (Å²) in [5.41, 5.74) is 1.34. The van der Waals surface area contributed by atoms with Crippen molar-refractivity contribution >= 4 is 34.7 Å². The molecule has 0 bridgehead atoms. The fourth-order valence-electron chi connectivity index (χ4n) is 2.68. The van der Waals surface area contributed by atoms with E-state index in [9.17, 15) is 13.2 Å². The molecule has 0 atom stereocenters. The summed E-state index contributed by atoms with van der Waals surface area (Å²) in [7, 11) is 0. The van der Waals surface area contributed by atoms with Crippen LogP contribution in [0.3, 0.4) is 0 Å². The zero-order valence-electron chi connectivity index (χ0n) is 15.7. The van der Waals surface area contributed by atoms with Crippen LogP contribution in [0, 0.1) is 0 Å². The first kappa shape index (κ1) is 20.9. The van der Waals surface area contributed by atoms with Gasteiger partial charge >= 0.3 is 6.18 Å². The van der Waals surface area contributed by atoms with Crippen molar-refractivity contribution in [3.05, 3.63) is 70.9 Å². The summed E-state index contributed by atoms with van der Waals surface area (Å²) in [6, 6.07) is 14.0. The molecule has 0 radical (unpaired) electrons. The third kappa shape index (κ3) is 5.84. The van der Waals surface area contributed by atoms with Crippen molar-refractivity contribution in [1.29, 1.82) is 0 Å². The number of unbranched alkanes of at least 4 members (excludes halogenated alkanes) is 1. The van der Waals surface area contributed by atoms with E-state index in [4.69, 9.17) is 11.6 Å². The number of nitrogens with one attached hydrogen (secondary N) is 2. The molecule has 2 aromatic carbocycles.